The summed E-state index contributed by atoms with van der Waals surface area (Å²) in [5.74, 6) is -0.438. The Hall–Kier alpha value is -1.88. The molecule has 0 saturated heterocycles. The predicted octanol–water partition coefficient (Wildman–Crippen LogP) is 1.59. The molecule has 122 valence electrons. The van der Waals surface area contributed by atoms with Gasteiger partial charge in [-0.3, -0.25) is 9.59 Å². The molecule has 0 aromatic heterocycles. The molecule has 0 spiro atoms. The number of aliphatic hydroxyl groups is 1. The van der Waals surface area contributed by atoms with Gasteiger partial charge < -0.3 is 15.3 Å². The van der Waals surface area contributed by atoms with Crippen molar-refractivity contribution in [2.75, 3.05) is 19.7 Å². The van der Waals surface area contributed by atoms with Crippen LogP contribution in [0, 0.1) is 12.8 Å². The van der Waals surface area contributed by atoms with Crippen LogP contribution in [0.3, 0.4) is 0 Å². The number of aliphatic hydroxyl groups excluding tert-OH is 1. The van der Waals surface area contributed by atoms with Crippen LogP contribution >= 0.6 is 0 Å². The lowest BCUT2D eigenvalue weighted by atomic mass is 10.0. The van der Waals surface area contributed by atoms with E-state index in [9.17, 15) is 9.59 Å². The van der Waals surface area contributed by atoms with E-state index >= 15 is 0 Å². The zero-order valence-electron chi connectivity index (χ0n) is 13.8. The average Bonchev–Trinajstić information content (AvgIpc) is 2.49. The van der Waals surface area contributed by atoms with Crippen LogP contribution in [0.5, 0.6) is 0 Å². The van der Waals surface area contributed by atoms with Crippen LogP contribution in [0.1, 0.15) is 36.7 Å². The molecular formula is C17H26N2O3. The maximum absolute atomic E-state index is 12.6. The SMILES string of the molecule is CCN(CCO)C(=O)C(NC(=O)c1ccccc1C)C(C)C. The number of nitrogens with zero attached hydrogens (tertiary/aromatic N) is 1. The molecular weight excluding hydrogens is 280 g/mol. The number of amides is 2. The van der Waals surface area contributed by atoms with Gasteiger partial charge in [-0.1, -0.05) is 32.0 Å². The van der Waals surface area contributed by atoms with Crippen LogP contribution in [0.25, 0.3) is 0 Å². The van der Waals surface area contributed by atoms with E-state index in [1.165, 1.54) is 0 Å². The minimum atomic E-state index is -0.599. The van der Waals surface area contributed by atoms with Crippen LogP contribution < -0.4 is 5.32 Å². The summed E-state index contributed by atoms with van der Waals surface area (Å²) in [6, 6.07) is 6.69. The number of likely N-dealkylation sites (N-methyl/N-ethyl adjacent to an activating group) is 1. The topological polar surface area (TPSA) is 69.6 Å². The Morgan fingerprint density at radius 1 is 1.27 bits per heavy atom. The van der Waals surface area contributed by atoms with E-state index in [1.807, 2.05) is 39.8 Å². The van der Waals surface area contributed by atoms with Crippen molar-refractivity contribution >= 4 is 11.8 Å². The number of nitrogens with one attached hydrogen (secondary N) is 1. The molecule has 1 aromatic carbocycles. The first-order valence-electron chi connectivity index (χ1n) is 7.68. The first kappa shape index (κ1) is 18.2. The first-order chi connectivity index (χ1) is 10.4. The highest BCUT2D eigenvalue weighted by Crippen LogP contribution is 2.11. The Morgan fingerprint density at radius 2 is 1.91 bits per heavy atom. The number of benzene rings is 1. The zero-order chi connectivity index (χ0) is 16.7. The van der Waals surface area contributed by atoms with E-state index in [1.54, 1.807) is 17.0 Å². The Labute approximate surface area is 132 Å². The Kier molecular flexibility index (Phi) is 7.05. The van der Waals surface area contributed by atoms with Gasteiger partial charge in [0.15, 0.2) is 0 Å². The van der Waals surface area contributed by atoms with E-state index in [-0.39, 0.29) is 30.9 Å². The molecule has 0 aliphatic heterocycles. The molecule has 0 heterocycles. The largest absolute Gasteiger partial charge is 0.395 e. The lowest BCUT2D eigenvalue weighted by molar-refractivity contribution is -0.134. The smallest absolute Gasteiger partial charge is 0.252 e. The van der Waals surface area contributed by atoms with Crippen molar-refractivity contribution in [2.24, 2.45) is 5.92 Å². The van der Waals surface area contributed by atoms with Gasteiger partial charge in [0.25, 0.3) is 5.91 Å². The van der Waals surface area contributed by atoms with Gasteiger partial charge in [0.05, 0.1) is 6.61 Å². The molecule has 2 N–H and O–H groups in total. The Bertz CT molecular complexity index is 514. The number of rotatable bonds is 7. The highest BCUT2D eigenvalue weighted by Gasteiger charge is 2.28. The molecule has 0 aliphatic carbocycles. The maximum atomic E-state index is 12.6. The molecule has 1 atom stereocenters. The normalized spacial score (nSPS) is 12.1. The van der Waals surface area contributed by atoms with E-state index in [2.05, 4.69) is 5.32 Å². The number of hydrogen-bond acceptors (Lipinski definition) is 3. The predicted molar refractivity (Wildman–Crippen MR) is 86.6 cm³/mol. The number of carbonyl (C=O) groups excluding carboxylic acids is 2. The molecule has 2 amide bonds. The van der Waals surface area contributed by atoms with Gasteiger partial charge in [0.2, 0.25) is 5.91 Å². The fourth-order valence-electron chi connectivity index (χ4n) is 2.30. The summed E-state index contributed by atoms with van der Waals surface area (Å²) in [7, 11) is 0. The van der Waals surface area contributed by atoms with Gasteiger partial charge in [-0.05, 0) is 31.4 Å². The second-order valence-corrected chi connectivity index (χ2v) is 5.65. The third-order valence-corrected chi connectivity index (χ3v) is 3.67. The lowest BCUT2D eigenvalue weighted by Gasteiger charge is -2.28. The first-order valence-corrected chi connectivity index (χ1v) is 7.68. The zero-order valence-corrected chi connectivity index (χ0v) is 13.8. The fraction of sp³-hybridized carbons (Fsp3) is 0.529. The van der Waals surface area contributed by atoms with Crippen molar-refractivity contribution in [2.45, 2.75) is 33.7 Å². The van der Waals surface area contributed by atoms with Crippen molar-refractivity contribution in [1.82, 2.24) is 10.2 Å². The van der Waals surface area contributed by atoms with Crippen molar-refractivity contribution in [3.05, 3.63) is 35.4 Å². The molecule has 0 saturated carbocycles. The van der Waals surface area contributed by atoms with Crippen LogP contribution in [0.2, 0.25) is 0 Å². The molecule has 1 rings (SSSR count). The number of hydrogen-bond donors (Lipinski definition) is 2. The monoisotopic (exact) mass is 306 g/mol. The molecule has 0 bridgehead atoms. The lowest BCUT2D eigenvalue weighted by Crippen LogP contribution is -2.51. The molecule has 0 aliphatic rings. The summed E-state index contributed by atoms with van der Waals surface area (Å²) in [5, 5.41) is 11.9. The highest BCUT2D eigenvalue weighted by atomic mass is 16.3. The van der Waals surface area contributed by atoms with E-state index in [0.717, 1.165) is 5.56 Å². The molecule has 0 radical (unpaired) electrons. The van der Waals surface area contributed by atoms with E-state index in [4.69, 9.17) is 5.11 Å². The molecule has 1 aromatic rings. The summed E-state index contributed by atoms with van der Waals surface area (Å²) < 4.78 is 0. The quantitative estimate of drug-likeness (QED) is 0.804. The minimum Gasteiger partial charge on any atom is -0.395 e. The molecule has 0 fully saturated rings. The fourth-order valence-corrected chi connectivity index (χ4v) is 2.30. The average molecular weight is 306 g/mol. The van der Waals surface area contributed by atoms with Crippen LogP contribution in [0.15, 0.2) is 24.3 Å². The van der Waals surface area contributed by atoms with Crippen LogP contribution in [-0.4, -0.2) is 47.6 Å². The number of carbonyl (C=O) groups is 2. The van der Waals surface area contributed by atoms with Crippen LogP contribution in [0.4, 0.5) is 0 Å². The molecule has 5 heteroatoms. The minimum absolute atomic E-state index is 0.0341. The third-order valence-electron chi connectivity index (χ3n) is 3.67. The third kappa shape index (κ3) is 4.56. The summed E-state index contributed by atoms with van der Waals surface area (Å²) in [4.78, 5) is 26.5. The Morgan fingerprint density at radius 3 is 2.41 bits per heavy atom. The van der Waals surface area contributed by atoms with Crippen molar-refractivity contribution in [3.63, 3.8) is 0 Å². The molecule has 5 nitrogen and oxygen atoms in total. The van der Waals surface area contributed by atoms with Crippen molar-refractivity contribution < 1.29 is 14.7 Å². The second-order valence-electron chi connectivity index (χ2n) is 5.65. The summed E-state index contributed by atoms with van der Waals surface area (Å²) in [5.41, 5.74) is 1.45. The van der Waals surface area contributed by atoms with Gasteiger partial charge in [0.1, 0.15) is 6.04 Å². The van der Waals surface area contributed by atoms with E-state index < -0.39 is 6.04 Å². The Balaban J connectivity index is 2.91. The van der Waals surface area contributed by atoms with Gasteiger partial charge in [0, 0.05) is 18.7 Å². The second kappa shape index (κ2) is 8.54. The highest BCUT2D eigenvalue weighted by molar-refractivity contribution is 5.98. The summed E-state index contributed by atoms with van der Waals surface area (Å²) in [6.07, 6.45) is 0. The van der Waals surface area contributed by atoms with Gasteiger partial charge in [-0.15, -0.1) is 0 Å². The summed E-state index contributed by atoms with van der Waals surface area (Å²) >= 11 is 0. The van der Waals surface area contributed by atoms with E-state index in [0.29, 0.717) is 12.1 Å². The molecule has 22 heavy (non-hydrogen) atoms. The van der Waals surface area contributed by atoms with Crippen molar-refractivity contribution in [3.8, 4) is 0 Å². The summed E-state index contributed by atoms with van der Waals surface area (Å²) in [6.45, 7) is 8.21. The van der Waals surface area contributed by atoms with Gasteiger partial charge in [-0.2, -0.15) is 0 Å². The van der Waals surface area contributed by atoms with Gasteiger partial charge in [-0.25, -0.2) is 0 Å². The standard InChI is InChI=1S/C17H26N2O3/c1-5-19(10-11-20)17(22)15(12(2)3)18-16(21)14-9-7-6-8-13(14)4/h6-9,12,15,20H,5,10-11H2,1-4H3,(H,18,21). The number of aryl methyl sites for hydroxylation is 1. The van der Waals surface area contributed by atoms with Crippen molar-refractivity contribution in [1.29, 1.82) is 0 Å². The molecule has 1 unspecified atom stereocenters. The van der Waals surface area contributed by atoms with Gasteiger partial charge >= 0.3 is 0 Å². The maximum Gasteiger partial charge on any atom is 0.252 e. The van der Waals surface area contributed by atoms with Crippen LogP contribution in [-0.2, 0) is 4.79 Å².